The molecular weight excluding hydrogens is 158 g/mol. The lowest BCUT2D eigenvalue weighted by Crippen LogP contribution is -2.26. The number of aliphatic hydroxyl groups is 1. The Morgan fingerprint density at radius 1 is 1.75 bits per heavy atom. The molecule has 1 aromatic rings. The van der Waals surface area contributed by atoms with E-state index in [2.05, 4.69) is 5.32 Å². The number of amides is 1. The lowest BCUT2D eigenvalue weighted by molar-refractivity contribution is 0.0916. The summed E-state index contributed by atoms with van der Waals surface area (Å²) >= 11 is 0. The van der Waals surface area contributed by atoms with Gasteiger partial charge in [0, 0.05) is 12.1 Å². The van der Waals surface area contributed by atoms with Crippen molar-refractivity contribution in [2.45, 2.75) is 6.92 Å². The molecule has 0 radical (unpaired) electrons. The minimum absolute atomic E-state index is 0.0640. The number of aryl methyl sites for hydroxylation is 1. The molecule has 1 heterocycles. The molecule has 0 aliphatic carbocycles. The maximum Gasteiger partial charge on any atom is 0.287 e. The highest BCUT2D eigenvalue weighted by Gasteiger charge is 2.10. The van der Waals surface area contributed by atoms with Crippen LogP contribution in [0.15, 0.2) is 16.7 Å². The molecule has 4 heteroatoms. The summed E-state index contributed by atoms with van der Waals surface area (Å²) in [5, 5.41) is 10.9. The number of hydrogen-bond acceptors (Lipinski definition) is 3. The molecule has 66 valence electrons. The Hall–Kier alpha value is -1.29. The van der Waals surface area contributed by atoms with Crippen LogP contribution in [0.2, 0.25) is 0 Å². The minimum atomic E-state index is -0.286. The van der Waals surface area contributed by atoms with Crippen molar-refractivity contribution in [3.05, 3.63) is 23.7 Å². The third-order valence-electron chi connectivity index (χ3n) is 1.47. The van der Waals surface area contributed by atoms with E-state index < -0.39 is 0 Å². The van der Waals surface area contributed by atoms with Gasteiger partial charge in [-0.25, -0.2) is 0 Å². The summed E-state index contributed by atoms with van der Waals surface area (Å²) in [6.07, 6.45) is 1.46. The molecule has 4 nitrogen and oxygen atoms in total. The molecule has 0 atom stereocenters. The van der Waals surface area contributed by atoms with Gasteiger partial charge >= 0.3 is 0 Å². The fraction of sp³-hybridized carbons (Fsp3) is 0.375. The standard InChI is InChI=1S/C8H11NO3/c1-6-2-5-12-7(6)8(11)9-3-4-10/h2,5,10H,3-4H2,1H3,(H,9,11). The molecule has 2 N–H and O–H groups in total. The van der Waals surface area contributed by atoms with E-state index in [-0.39, 0.29) is 19.1 Å². The van der Waals surface area contributed by atoms with E-state index in [0.717, 1.165) is 5.56 Å². The zero-order valence-electron chi connectivity index (χ0n) is 6.83. The van der Waals surface area contributed by atoms with Crippen LogP contribution in [0, 0.1) is 6.92 Å². The number of carbonyl (C=O) groups excluding carboxylic acids is 1. The largest absolute Gasteiger partial charge is 0.459 e. The van der Waals surface area contributed by atoms with Crippen LogP contribution < -0.4 is 5.32 Å². The number of rotatable bonds is 3. The average molecular weight is 169 g/mol. The molecule has 1 aromatic heterocycles. The maximum absolute atomic E-state index is 11.2. The Balaban J connectivity index is 2.59. The van der Waals surface area contributed by atoms with E-state index in [1.807, 2.05) is 0 Å². The maximum atomic E-state index is 11.2. The molecule has 0 saturated carbocycles. The smallest absolute Gasteiger partial charge is 0.287 e. The summed E-state index contributed by atoms with van der Waals surface area (Å²) in [5.41, 5.74) is 0.797. The molecule has 0 aromatic carbocycles. The second kappa shape index (κ2) is 3.92. The predicted molar refractivity (Wildman–Crippen MR) is 42.9 cm³/mol. The van der Waals surface area contributed by atoms with Crippen LogP contribution >= 0.6 is 0 Å². The summed E-state index contributed by atoms with van der Waals surface area (Å²) in [6, 6.07) is 1.72. The van der Waals surface area contributed by atoms with Gasteiger partial charge in [0.05, 0.1) is 12.9 Å². The molecule has 0 aliphatic rings. The average Bonchev–Trinajstić information content (AvgIpc) is 2.47. The Bertz CT molecular complexity index is 267. The second-order valence-electron chi connectivity index (χ2n) is 2.41. The SMILES string of the molecule is Cc1ccoc1C(=O)NCCO. The van der Waals surface area contributed by atoms with Crippen molar-refractivity contribution in [1.82, 2.24) is 5.32 Å². The van der Waals surface area contributed by atoms with Gasteiger partial charge < -0.3 is 14.8 Å². The van der Waals surface area contributed by atoms with Crippen molar-refractivity contribution in [1.29, 1.82) is 0 Å². The molecule has 0 spiro atoms. The predicted octanol–water partition coefficient (Wildman–Crippen LogP) is 0.310. The van der Waals surface area contributed by atoms with Crippen molar-refractivity contribution >= 4 is 5.91 Å². The van der Waals surface area contributed by atoms with Crippen LogP contribution in [-0.4, -0.2) is 24.2 Å². The quantitative estimate of drug-likeness (QED) is 0.684. The van der Waals surface area contributed by atoms with Crippen molar-refractivity contribution < 1.29 is 14.3 Å². The third kappa shape index (κ3) is 1.85. The second-order valence-corrected chi connectivity index (χ2v) is 2.41. The fourth-order valence-corrected chi connectivity index (χ4v) is 0.855. The van der Waals surface area contributed by atoms with Crippen molar-refractivity contribution in [2.75, 3.05) is 13.2 Å². The van der Waals surface area contributed by atoms with Gasteiger partial charge in [-0.05, 0) is 13.0 Å². The molecule has 0 aliphatic heterocycles. The van der Waals surface area contributed by atoms with E-state index in [1.54, 1.807) is 13.0 Å². The fourth-order valence-electron chi connectivity index (χ4n) is 0.855. The minimum Gasteiger partial charge on any atom is -0.459 e. The highest BCUT2D eigenvalue weighted by molar-refractivity contribution is 5.92. The number of hydrogen-bond donors (Lipinski definition) is 2. The van der Waals surface area contributed by atoms with E-state index in [4.69, 9.17) is 9.52 Å². The summed E-state index contributed by atoms with van der Waals surface area (Å²) in [6.45, 7) is 1.97. The van der Waals surface area contributed by atoms with Gasteiger partial charge in [0.25, 0.3) is 5.91 Å². The molecule has 0 fully saturated rings. The van der Waals surface area contributed by atoms with E-state index in [1.165, 1.54) is 6.26 Å². The molecule has 12 heavy (non-hydrogen) atoms. The number of furan rings is 1. The molecular formula is C8H11NO3. The highest BCUT2D eigenvalue weighted by atomic mass is 16.3. The summed E-state index contributed by atoms with van der Waals surface area (Å²) < 4.78 is 4.93. The number of nitrogens with one attached hydrogen (secondary N) is 1. The summed E-state index contributed by atoms with van der Waals surface area (Å²) in [7, 11) is 0. The van der Waals surface area contributed by atoms with Gasteiger partial charge in [-0.1, -0.05) is 0 Å². The molecule has 0 saturated heterocycles. The Labute approximate surface area is 70.2 Å². The molecule has 0 unspecified atom stereocenters. The van der Waals surface area contributed by atoms with Gasteiger partial charge in [0.15, 0.2) is 5.76 Å². The van der Waals surface area contributed by atoms with Crippen LogP contribution in [0.3, 0.4) is 0 Å². The van der Waals surface area contributed by atoms with Gasteiger partial charge in [0.1, 0.15) is 0 Å². The highest BCUT2D eigenvalue weighted by Crippen LogP contribution is 2.07. The Kier molecular flexibility index (Phi) is 2.88. The Morgan fingerprint density at radius 2 is 2.50 bits per heavy atom. The summed E-state index contributed by atoms with van der Waals surface area (Å²) in [4.78, 5) is 11.2. The van der Waals surface area contributed by atoms with E-state index in [9.17, 15) is 4.79 Å². The van der Waals surface area contributed by atoms with Crippen LogP contribution in [0.4, 0.5) is 0 Å². The van der Waals surface area contributed by atoms with Gasteiger partial charge in [-0.15, -0.1) is 0 Å². The normalized spacial score (nSPS) is 9.83. The van der Waals surface area contributed by atoms with E-state index >= 15 is 0 Å². The zero-order valence-corrected chi connectivity index (χ0v) is 6.83. The number of aliphatic hydroxyl groups excluding tert-OH is 1. The summed E-state index contributed by atoms with van der Waals surface area (Å²) in [5.74, 6) is 0.0231. The third-order valence-corrected chi connectivity index (χ3v) is 1.47. The zero-order chi connectivity index (χ0) is 8.97. The first-order valence-corrected chi connectivity index (χ1v) is 3.69. The number of carbonyl (C=O) groups is 1. The first-order valence-electron chi connectivity index (χ1n) is 3.69. The molecule has 0 bridgehead atoms. The van der Waals surface area contributed by atoms with Gasteiger partial charge in [-0.3, -0.25) is 4.79 Å². The monoisotopic (exact) mass is 169 g/mol. The van der Waals surface area contributed by atoms with Gasteiger partial charge in [0.2, 0.25) is 0 Å². The first kappa shape index (κ1) is 8.80. The van der Waals surface area contributed by atoms with Crippen molar-refractivity contribution in [2.24, 2.45) is 0 Å². The van der Waals surface area contributed by atoms with Crippen LogP contribution in [0.1, 0.15) is 16.1 Å². The lowest BCUT2D eigenvalue weighted by Gasteiger charge is -1.99. The van der Waals surface area contributed by atoms with Crippen LogP contribution in [0.25, 0.3) is 0 Å². The lowest BCUT2D eigenvalue weighted by atomic mass is 10.3. The molecule has 1 amide bonds. The van der Waals surface area contributed by atoms with Gasteiger partial charge in [-0.2, -0.15) is 0 Å². The first-order chi connectivity index (χ1) is 5.75. The van der Waals surface area contributed by atoms with Crippen LogP contribution in [0.5, 0.6) is 0 Å². The van der Waals surface area contributed by atoms with Crippen molar-refractivity contribution in [3.8, 4) is 0 Å². The van der Waals surface area contributed by atoms with Crippen LogP contribution in [-0.2, 0) is 0 Å². The Morgan fingerprint density at radius 3 is 3.00 bits per heavy atom. The van der Waals surface area contributed by atoms with Crippen molar-refractivity contribution in [3.63, 3.8) is 0 Å². The molecule has 1 rings (SSSR count). The van der Waals surface area contributed by atoms with E-state index in [0.29, 0.717) is 5.76 Å². The topological polar surface area (TPSA) is 62.5 Å².